The number of guanidine groups is 1. The lowest BCUT2D eigenvalue weighted by molar-refractivity contribution is -0.119. The first-order valence-corrected chi connectivity index (χ1v) is 9.60. The lowest BCUT2D eigenvalue weighted by Crippen LogP contribution is -2.48. The van der Waals surface area contributed by atoms with E-state index in [0.717, 1.165) is 61.8 Å². The SMILES string of the molecule is CC(NC1=COCC2=C3C1=CN=C(N1CCC(CO)CC1)N3CC2)C(N)=O. The van der Waals surface area contributed by atoms with Gasteiger partial charge in [0.25, 0.3) is 0 Å². The average molecular weight is 373 g/mol. The topological polar surface area (TPSA) is 103 Å². The second-order valence-electron chi connectivity index (χ2n) is 7.55. The maximum absolute atomic E-state index is 11.5. The van der Waals surface area contributed by atoms with Gasteiger partial charge in [0.1, 0.15) is 18.9 Å². The number of nitrogens with one attached hydrogen (secondary N) is 1. The Morgan fingerprint density at radius 1 is 1.44 bits per heavy atom. The van der Waals surface area contributed by atoms with Crippen molar-refractivity contribution < 1.29 is 14.6 Å². The zero-order valence-corrected chi connectivity index (χ0v) is 15.6. The van der Waals surface area contributed by atoms with Crippen LogP contribution in [0.1, 0.15) is 26.2 Å². The summed E-state index contributed by atoms with van der Waals surface area (Å²) in [6.07, 6.45) is 6.43. The van der Waals surface area contributed by atoms with Crippen molar-refractivity contribution in [2.45, 2.75) is 32.2 Å². The maximum Gasteiger partial charge on any atom is 0.239 e. The molecule has 0 aromatic heterocycles. The van der Waals surface area contributed by atoms with Gasteiger partial charge in [0, 0.05) is 38.0 Å². The van der Waals surface area contributed by atoms with E-state index in [1.54, 1.807) is 13.2 Å². The molecular formula is C19H27N5O3. The molecule has 0 saturated carbocycles. The molecule has 0 aromatic carbocycles. The smallest absolute Gasteiger partial charge is 0.239 e. The molecule has 1 saturated heterocycles. The quantitative estimate of drug-likeness (QED) is 0.652. The van der Waals surface area contributed by atoms with Crippen molar-refractivity contribution in [3.63, 3.8) is 0 Å². The predicted octanol–water partition coefficient (Wildman–Crippen LogP) is 0.239. The molecule has 0 aliphatic carbocycles. The largest absolute Gasteiger partial charge is 0.495 e. The Balaban J connectivity index is 1.61. The van der Waals surface area contributed by atoms with Crippen LogP contribution in [0.15, 0.2) is 40.0 Å². The average Bonchev–Trinajstić information content (AvgIpc) is 3.02. The minimum atomic E-state index is -0.499. The summed E-state index contributed by atoms with van der Waals surface area (Å²) >= 11 is 0. The van der Waals surface area contributed by atoms with E-state index < -0.39 is 11.9 Å². The van der Waals surface area contributed by atoms with Crippen LogP contribution in [0.3, 0.4) is 0 Å². The molecule has 146 valence electrons. The van der Waals surface area contributed by atoms with Gasteiger partial charge in [-0.25, -0.2) is 4.99 Å². The number of aliphatic hydroxyl groups excluding tert-OH is 1. The molecular weight excluding hydrogens is 346 g/mol. The number of hydrogen-bond donors (Lipinski definition) is 3. The Morgan fingerprint density at radius 3 is 2.93 bits per heavy atom. The number of amides is 1. The summed E-state index contributed by atoms with van der Waals surface area (Å²) in [4.78, 5) is 20.8. The second-order valence-corrected chi connectivity index (χ2v) is 7.55. The van der Waals surface area contributed by atoms with Crippen molar-refractivity contribution in [2.75, 3.05) is 32.8 Å². The number of aliphatic hydroxyl groups is 1. The molecule has 0 aromatic rings. The van der Waals surface area contributed by atoms with E-state index in [0.29, 0.717) is 12.5 Å². The number of likely N-dealkylation sites (tertiary alicyclic amines) is 1. The Morgan fingerprint density at radius 2 is 2.22 bits per heavy atom. The van der Waals surface area contributed by atoms with Gasteiger partial charge in [-0.3, -0.25) is 4.79 Å². The zero-order chi connectivity index (χ0) is 19.0. The first-order valence-electron chi connectivity index (χ1n) is 9.60. The highest BCUT2D eigenvalue weighted by Gasteiger charge is 2.37. The van der Waals surface area contributed by atoms with E-state index in [1.165, 1.54) is 5.57 Å². The summed E-state index contributed by atoms with van der Waals surface area (Å²) in [6, 6.07) is -0.499. The van der Waals surface area contributed by atoms with Crippen LogP contribution in [-0.2, 0) is 9.53 Å². The first kappa shape index (κ1) is 17.9. The molecule has 0 bridgehead atoms. The van der Waals surface area contributed by atoms with Crippen molar-refractivity contribution in [1.29, 1.82) is 0 Å². The standard InChI is InChI=1S/C19H27N5O3/c1-12(18(20)26)22-16-11-27-10-14-4-7-24-17(14)15(16)8-21-19(24)23-5-2-13(9-25)3-6-23/h8,11-13,22,25H,2-7,9-10H2,1H3,(H2,20,26). The van der Waals surface area contributed by atoms with Crippen LogP contribution in [0.2, 0.25) is 0 Å². The van der Waals surface area contributed by atoms with Crippen LogP contribution in [0.5, 0.6) is 0 Å². The molecule has 4 heterocycles. The van der Waals surface area contributed by atoms with E-state index in [9.17, 15) is 9.90 Å². The normalized spacial score (nSPS) is 23.7. The van der Waals surface area contributed by atoms with E-state index in [4.69, 9.17) is 15.5 Å². The van der Waals surface area contributed by atoms with Gasteiger partial charge in [0.15, 0.2) is 0 Å². The molecule has 4 rings (SSSR count). The van der Waals surface area contributed by atoms with Gasteiger partial charge in [0.05, 0.1) is 11.4 Å². The Bertz CT molecular complexity index is 746. The molecule has 8 nitrogen and oxygen atoms in total. The molecule has 1 amide bonds. The van der Waals surface area contributed by atoms with Gasteiger partial charge >= 0.3 is 0 Å². The van der Waals surface area contributed by atoms with E-state index >= 15 is 0 Å². The molecule has 4 N–H and O–H groups in total. The molecule has 0 spiro atoms. The number of primary amides is 1. The van der Waals surface area contributed by atoms with Gasteiger partial charge < -0.3 is 30.7 Å². The molecule has 4 aliphatic rings. The number of nitrogens with zero attached hydrogens (tertiary/aromatic N) is 3. The van der Waals surface area contributed by atoms with Gasteiger partial charge in [-0.2, -0.15) is 0 Å². The van der Waals surface area contributed by atoms with Crippen LogP contribution in [0.4, 0.5) is 0 Å². The Kier molecular flexibility index (Phi) is 4.82. The lowest BCUT2D eigenvalue weighted by Gasteiger charge is -2.39. The van der Waals surface area contributed by atoms with Crippen LogP contribution >= 0.6 is 0 Å². The molecule has 1 atom stereocenters. The minimum Gasteiger partial charge on any atom is -0.495 e. The molecule has 4 aliphatic heterocycles. The molecule has 0 radical (unpaired) electrons. The summed E-state index contributed by atoms with van der Waals surface area (Å²) in [5.74, 6) is 0.958. The molecule has 1 unspecified atom stereocenters. The Labute approximate surface area is 159 Å². The second kappa shape index (κ2) is 7.26. The number of carbonyl (C=O) groups excluding carboxylic acids is 1. The summed E-state index contributed by atoms with van der Waals surface area (Å²) in [7, 11) is 0. The number of aliphatic imine (C=N–C) groups is 1. The van der Waals surface area contributed by atoms with Gasteiger partial charge in [-0.1, -0.05) is 0 Å². The Hall–Kier alpha value is -2.48. The van der Waals surface area contributed by atoms with Gasteiger partial charge in [0.2, 0.25) is 11.9 Å². The summed E-state index contributed by atoms with van der Waals surface area (Å²) < 4.78 is 5.72. The van der Waals surface area contributed by atoms with Crippen LogP contribution in [0, 0.1) is 5.92 Å². The van der Waals surface area contributed by atoms with Crippen molar-refractivity contribution in [1.82, 2.24) is 15.1 Å². The number of carbonyl (C=O) groups is 1. The predicted molar refractivity (Wildman–Crippen MR) is 101 cm³/mol. The zero-order valence-electron chi connectivity index (χ0n) is 15.6. The van der Waals surface area contributed by atoms with Gasteiger partial charge in [-0.15, -0.1) is 0 Å². The highest BCUT2D eigenvalue weighted by atomic mass is 16.5. The van der Waals surface area contributed by atoms with Crippen molar-refractivity contribution in [3.05, 3.63) is 35.0 Å². The lowest BCUT2D eigenvalue weighted by atomic mass is 9.98. The fourth-order valence-electron chi connectivity index (χ4n) is 4.07. The molecule has 8 heteroatoms. The van der Waals surface area contributed by atoms with Crippen LogP contribution < -0.4 is 11.1 Å². The third kappa shape index (κ3) is 3.29. The number of rotatable bonds is 4. The molecule has 27 heavy (non-hydrogen) atoms. The summed E-state index contributed by atoms with van der Waals surface area (Å²) in [5.41, 5.74) is 9.47. The van der Waals surface area contributed by atoms with E-state index in [-0.39, 0.29) is 6.61 Å². The van der Waals surface area contributed by atoms with E-state index in [1.807, 2.05) is 6.20 Å². The number of hydrogen-bond acceptors (Lipinski definition) is 7. The highest BCUT2D eigenvalue weighted by Crippen LogP contribution is 2.37. The van der Waals surface area contributed by atoms with Gasteiger partial charge in [-0.05, 0) is 37.7 Å². The fraction of sp³-hybridized carbons (Fsp3) is 0.579. The summed E-state index contributed by atoms with van der Waals surface area (Å²) in [5, 5.41) is 12.5. The first-order chi connectivity index (χ1) is 13.1. The highest BCUT2D eigenvalue weighted by molar-refractivity contribution is 5.87. The number of piperidine rings is 1. The number of nitrogens with two attached hydrogens (primary N) is 1. The summed E-state index contributed by atoms with van der Waals surface area (Å²) in [6.45, 7) is 5.23. The third-order valence-corrected chi connectivity index (χ3v) is 5.75. The van der Waals surface area contributed by atoms with Crippen molar-refractivity contribution in [3.8, 4) is 0 Å². The number of ether oxygens (including phenoxy) is 1. The third-order valence-electron chi connectivity index (χ3n) is 5.75. The van der Waals surface area contributed by atoms with E-state index in [2.05, 4.69) is 15.1 Å². The molecule has 1 fully saturated rings. The van der Waals surface area contributed by atoms with Crippen molar-refractivity contribution >= 4 is 11.9 Å². The minimum absolute atomic E-state index is 0.262. The van der Waals surface area contributed by atoms with Crippen LogP contribution in [0.25, 0.3) is 0 Å². The van der Waals surface area contributed by atoms with Crippen LogP contribution in [-0.4, -0.2) is 65.7 Å². The monoisotopic (exact) mass is 373 g/mol. The fourth-order valence-corrected chi connectivity index (χ4v) is 4.07. The van der Waals surface area contributed by atoms with Crippen molar-refractivity contribution in [2.24, 2.45) is 16.6 Å². The maximum atomic E-state index is 11.5.